The van der Waals surface area contributed by atoms with Gasteiger partial charge in [0.15, 0.2) is 0 Å². The van der Waals surface area contributed by atoms with Gasteiger partial charge in [-0.1, -0.05) is 13.0 Å². The number of ether oxygens (including phenoxy) is 1. The molecule has 21 heavy (non-hydrogen) atoms. The highest BCUT2D eigenvalue weighted by Gasteiger charge is 2.56. The maximum Gasteiger partial charge on any atom is 0.141 e. The molecule has 0 aromatic carbocycles. The van der Waals surface area contributed by atoms with Crippen molar-refractivity contribution in [1.29, 1.82) is 0 Å². The predicted molar refractivity (Wildman–Crippen MR) is 77.9 cm³/mol. The summed E-state index contributed by atoms with van der Waals surface area (Å²) in [7, 11) is 1.69. The van der Waals surface area contributed by atoms with Crippen LogP contribution in [0.1, 0.15) is 39.0 Å². The highest BCUT2D eigenvalue weighted by Crippen LogP contribution is 2.58. The third-order valence-electron chi connectivity index (χ3n) is 5.68. The summed E-state index contributed by atoms with van der Waals surface area (Å²) in [6.07, 6.45) is 9.16. The molecule has 4 atom stereocenters. The van der Waals surface area contributed by atoms with Gasteiger partial charge in [0.1, 0.15) is 17.6 Å². The van der Waals surface area contributed by atoms with E-state index in [4.69, 9.17) is 9.57 Å². The zero-order valence-corrected chi connectivity index (χ0v) is 12.8. The first-order valence-corrected chi connectivity index (χ1v) is 8.04. The van der Waals surface area contributed by atoms with Crippen LogP contribution in [-0.2, 0) is 14.4 Å². The molecular weight excluding hydrogens is 266 g/mol. The maximum absolute atomic E-state index is 12.1. The van der Waals surface area contributed by atoms with Crippen LogP contribution in [0.5, 0.6) is 0 Å². The number of Topliss-reactive ketones (excluding diaryl/α,β-unsaturated/α-hetero) is 1. The fourth-order valence-corrected chi connectivity index (χ4v) is 4.87. The normalized spacial score (nSPS) is 41.5. The van der Waals surface area contributed by atoms with E-state index in [9.17, 15) is 4.79 Å². The number of hydrogen-bond acceptors (Lipinski definition) is 4. The molecule has 1 spiro atoms. The molecule has 114 valence electrons. The van der Waals surface area contributed by atoms with E-state index >= 15 is 0 Å². The largest absolute Gasteiger partial charge is 0.493 e. The monoisotopic (exact) mass is 289 g/mol. The number of hydrogen-bond donors (Lipinski definition) is 0. The van der Waals surface area contributed by atoms with Gasteiger partial charge in [0.25, 0.3) is 0 Å². The average molecular weight is 289 g/mol. The van der Waals surface area contributed by atoms with Crippen LogP contribution >= 0.6 is 0 Å². The first-order chi connectivity index (χ1) is 10.1. The molecule has 2 aliphatic heterocycles. The second-order valence-corrected chi connectivity index (χ2v) is 7.08. The van der Waals surface area contributed by atoms with Gasteiger partial charge >= 0.3 is 0 Å². The van der Waals surface area contributed by atoms with Crippen LogP contribution in [0.3, 0.4) is 0 Å². The lowest BCUT2D eigenvalue weighted by molar-refractivity contribution is -0.122. The lowest BCUT2D eigenvalue weighted by Crippen LogP contribution is -2.40. The van der Waals surface area contributed by atoms with Gasteiger partial charge in [-0.05, 0) is 30.8 Å². The quantitative estimate of drug-likeness (QED) is 0.744. The minimum Gasteiger partial charge on any atom is -0.493 e. The van der Waals surface area contributed by atoms with E-state index in [1.807, 2.05) is 5.06 Å². The molecule has 0 radical (unpaired) electrons. The van der Waals surface area contributed by atoms with Crippen LogP contribution in [0.2, 0.25) is 0 Å². The molecule has 1 fully saturated rings. The third-order valence-corrected chi connectivity index (χ3v) is 5.68. The first-order valence-electron chi connectivity index (χ1n) is 8.04. The summed E-state index contributed by atoms with van der Waals surface area (Å²) in [6.45, 7) is 3.09. The molecule has 2 aliphatic carbocycles. The average Bonchev–Trinajstić information content (AvgIpc) is 2.67. The SMILES string of the molecule is CON1C=CC23CC(C)CCC2OC2=C3C(CC(=O)C2)C1. The highest BCUT2D eigenvalue weighted by atomic mass is 16.7. The second-order valence-electron chi connectivity index (χ2n) is 7.08. The van der Waals surface area contributed by atoms with Crippen LogP contribution in [0.15, 0.2) is 23.6 Å². The van der Waals surface area contributed by atoms with Gasteiger partial charge < -0.3 is 4.74 Å². The van der Waals surface area contributed by atoms with E-state index in [0.29, 0.717) is 24.5 Å². The van der Waals surface area contributed by atoms with E-state index in [-0.39, 0.29) is 17.4 Å². The summed E-state index contributed by atoms with van der Waals surface area (Å²) in [5.41, 5.74) is 1.42. The van der Waals surface area contributed by atoms with E-state index in [2.05, 4.69) is 19.2 Å². The summed E-state index contributed by atoms with van der Waals surface area (Å²) in [6, 6.07) is 0. The molecule has 0 aromatic rings. The number of carbonyl (C=O) groups excluding carboxylic acids is 1. The van der Waals surface area contributed by atoms with E-state index < -0.39 is 0 Å². The van der Waals surface area contributed by atoms with Crippen molar-refractivity contribution in [2.75, 3.05) is 13.7 Å². The highest BCUT2D eigenvalue weighted by molar-refractivity contribution is 5.83. The number of carbonyl (C=O) groups is 1. The van der Waals surface area contributed by atoms with Crippen molar-refractivity contribution >= 4 is 5.78 Å². The van der Waals surface area contributed by atoms with E-state index in [1.54, 1.807) is 7.11 Å². The summed E-state index contributed by atoms with van der Waals surface area (Å²) >= 11 is 0. The van der Waals surface area contributed by atoms with Gasteiger partial charge in [0, 0.05) is 18.5 Å². The van der Waals surface area contributed by atoms with Crippen LogP contribution in [-0.4, -0.2) is 30.6 Å². The molecule has 4 rings (SSSR count). The molecule has 0 saturated heterocycles. The molecule has 4 nitrogen and oxygen atoms in total. The standard InChI is InChI=1S/C17H23NO3/c1-11-3-4-15-17(9-11)5-6-18(20-2)10-12-7-13(19)8-14(21-15)16(12)17/h5-6,11-12,15H,3-4,7-10H2,1-2H3. The minimum atomic E-state index is 0.00560. The number of nitrogens with zero attached hydrogens (tertiary/aromatic N) is 1. The van der Waals surface area contributed by atoms with Crippen molar-refractivity contribution in [3.8, 4) is 0 Å². The lowest BCUT2D eigenvalue weighted by Gasteiger charge is -2.41. The fourth-order valence-electron chi connectivity index (χ4n) is 4.87. The van der Waals surface area contributed by atoms with Gasteiger partial charge in [-0.2, -0.15) is 0 Å². The predicted octanol–water partition coefficient (Wildman–Crippen LogP) is 2.82. The molecule has 4 aliphatic rings. The van der Waals surface area contributed by atoms with E-state index in [1.165, 1.54) is 12.0 Å². The lowest BCUT2D eigenvalue weighted by atomic mass is 9.61. The Hall–Kier alpha value is -1.29. The molecule has 4 unspecified atom stereocenters. The zero-order chi connectivity index (χ0) is 14.6. The zero-order valence-electron chi connectivity index (χ0n) is 12.8. The fraction of sp³-hybridized carbons (Fsp3) is 0.706. The van der Waals surface area contributed by atoms with Crippen molar-refractivity contribution in [2.45, 2.75) is 45.1 Å². The molecule has 0 amide bonds. The topological polar surface area (TPSA) is 38.8 Å². The molecule has 1 saturated carbocycles. The molecule has 0 bridgehead atoms. The Morgan fingerprint density at radius 1 is 1.43 bits per heavy atom. The van der Waals surface area contributed by atoms with Gasteiger partial charge in [-0.3, -0.25) is 14.7 Å². The van der Waals surface area contributed by atoms with Gasteiger partial charge in [-0.15, -0.1) is 0 Å². The van der Waals surface area contributed by atoms with Gasteiger partial charge in [0.05, 0.1) is 25.5 Å². The molecule has 0 aromatic heterocycles. The van der Waals surface area contributed by atoms with Gasteiger partial charge in [0.2, 0.25) is 0 Å². The first kappa shape index (κ1) is 13.4. The van der Waals surface area contributed by atoms with Crippen molar-refractivity contribution in [1.82, 2.24) is 5.06 Å². The van der Waals surface area contributed by atoms with Crippen LogP contribution < -0.4 is 0 Å². The molecular formula is C17H23NO3. The van der Waals surface area contributed by atoms with Crippen molar-refractivity contribution in [3.63, 3.8) is 0 Å². The Morgan fingerprint density at radius 2 is 2.29 bits per heavy atom. The van der Waals surface area contributed by atoms with Crippen LogP contribution in [0, 0.1) is 17.3 Å². The Morgan fingerprint density at radius 3 is 3.10 bits per heavy atom. The Kier molecular flexibility index (Phi) is 2.93. The van der Waals surface area contributed by atoms with Crippen LogP contribution in [0.25, 0.3) is 0 Å². The summed E-state index contributed by atoms with van der Waals surface area (Å²) in [5.74, 6) is 2.23. The summed E-state index contributed by atoms with van der Waals surface area (Å²) < 4.78 is 6.27. The number of rotatable bonds is 1. The van der Waals surface area contributed by atoms with Crippen molar-refractivity contribution in [2.24, 2.45) is 17.3 Å². The van der Waals surface area contributed by atoms with Crippen LogP contribution in [0.4, 0.5) is 0 Å². The number of allylic oxidation sites excluding steroid dienone is 1. The molecule has 2 heterocycles. The Balaban J connectivity index is 1.83. The molecule has 4 heteroatoms. The summed E-state index contributed by atoms with van der Waals surface area (Å²) in [5, 5.41) is 1.87. The van der Waals surface area contributed by atoms with Crippen molar-refractivity contribution in [3.05, 3.63) is 23.6 Å². The Bertz CT molecular complexity index is 538. The van der Waals surface area contributed by atoms with Gasteiger partial charge in [-0.25, -0.2) is 0 Å². The van der Waals surface area contributed by atoms with Crippen molar-refractivity contribution < 1.29 is 14.4 Å². The smallest absolute Gasteiger partial charge is 0.141 e. The number of ketones is 1. The van der Waals surface area contributed by atoms with E-state index in [0.717, 1.165) is 25.1 Å². The maximum atomic E-state index is 12.1. The minimum absolute atomic E-state index is 0.00560. The second kappa shape index (κ2) is 4.60. The third kappa shape index (κ3) is 1.88. The Labute approximate surface area is 125 Å². The summed E-state index contributed by atoms with van der Waals surface area (Å²) in [4.78, 5) is 17.5. The molecule has 0 N–H and O–H groups in total. The number of hydroxylamine groups is 2.